The van der Waals surface area contributed by atoms with Gasteiger partial charge in [0.2, 0.25) is 5.91 Å². The smallest absolute Gasteiger partial charge is 0.312 e. The minimum Gasteiger partial charge on any atom is -0.352 e. The van der Waals surface area contributed by atoms with Crippen LogP contribution in [-0.4, -0.2) is 28.5 Å². The maximum atomic E-state index is 11.9. The van der Waals surface area contributed by atoms with Crippen LogP contribution in [0.25, 0.3) is 11.3 Å². The van der Waals surface area contributed by atoms with Crippen molar-refractivity contribution in [3.63, 3.8) is 0 Å². The monoisotopic (exact) mass is 333 g/mol. The van der Waals surface area contributed by atoms with Crippen LogP contribution in [0.5, 0.6) is 0 Å². The van der Waals surface area contributed by atoms with Gasteiger partial charge in [-0.1, -0.05) is 6.42 Å². The highest BCUT2D eigenvalue weighted by molar-refractivity contribution is 7.14. The van der Waals surface area contributed by atoms with Crippen molar-refractivity contribution in [2.75, 3.05) is 11.9 Å². The first-order valence-corrected chi connectivity index (χ1v) is 8.22. The molecule has 0 unspecified atom stereocenters. The second-order valence-electron chi connectivity index (χ2n) is 4.93. The Morgan fingerprint density at radius 2 is 2.13 bits per heavy atom. The lowest BCUT2D eigenvalue weighted by Gasteiger charge is -2.03. The van der Waals surface area contributed by atoms with Crippen LogP contribution in [0.3, 0.4) is 0 Å². The van der Waals surface area contributed by atoms with Crippen molar-refractivity contribution >= 4 is 28.4 Å². The molecule has 0 aliphatic carbocycles. The Balaban J connectivity index is 1.70. The Bertz CT molecular complexity index is 644. The molecule has 0 spiro atoms. The van der Waals surface area contributed by atoms with Crippen LogP contribution in [0, 0.1) is 0 Å². The third-order valence-electron chi connectivity index (χ3n) is 3.09. The molecule has 2 aromatic rings. The molecular weight excluding hydrogens is 314 g/mol. The molecule has 2 rings (SSSR count). The second kappa shape index (κ2) is 8.84. The first-order valence-electron chi connectivity index (χ1n) is 7.34. The zero-order chi connectivity index (χ0) is 16.5. The minimum absolute atomic E-state index is 0.0556. The predicted octanol–water partition coefficient (Wildman–Crippen LogP) is 2.37. The van der Waals surface area contributed by atoms with E-state index in [0.29, 0.717) is 18.1 Å². The van der Waals surface area contributed by atoms with Crippen molar-refractivity contribution in [3.05, 3.63) is 29.9 Å². The Hall–Kier alpha value is -2.48. The van der Waals surface area contributed by atoms with Crippen LogP contribution in [0.4, 0.5) is 9.93 Å². The van der Waals surface area contributed by atoms with Crippen LogP contribution in [0.15, 0.2) is 29.9 Å². The molecule has 23 heavy (non-hydrogen) atoms. The minimum atomic E-state index is -0.518. The molecule has 0 fully saturated rings. The van der Waals surface area contributed by atoms with Gasteiger partial charge in [0.15, 0.2) is 5.13 Å². The van der Waals surface area contributed by atoms with E-state index >= 15 is 0 Å². The highest BCUT2D eigenvalue weighted by Gasteiger charge is 2.08. The number of hydrogen-bond acceptors (Lipinski definition) is 5. The van der Waals surface area contributed by atoms with Gasteiger partial charge < -0.3 is 16.4 Å². The van der Waals surface area contributed by atoms with Crippen LogP contribution < -0.4 is 16.4 Å². The van der Waals surface area contributed by atoms with Gasteiger partial charge in [0, 0.05) is 36.3 Å². The summed E-state index contributed by atoms with van der Waals surface area (Å²) in [7, 11) is 0. The number of rotatable bonds is 8. The Labute approximate surface area is 138 Å². The molecule has 0 saturated heterocycles. The first kappa shape index (κ1) is 16.9. The molecule has 0 atom stereocenters. The molecule has 122 valence electrons. The van der Waals surface area contributed by atoms with E-state index in [1.54, 1.807) is 12.4 Å². The number of nitrogens with two attached hydrogens (primary N) is 1. The largest absolute Gasteiger partial charge is 0.352 e. The number of unbranched alkanes of at least 4 members (excludes halogenated alkanes) is 2. The number of nitrogens with zero attached hydrogens (tertiary/aromatic N) is 2. The van der Waals surface area contributed by atoms with Gasteiger partial charge in [0.05, 0.1) is 5.69 Å². The number of carbonyl (C=O) groups excluding carboxylic acids is 2. The number of anilines is 1. The molecule has 2 aromatic heterocycles. The third kappa shape index (κ3) is 6.03. The lowest BCUT2D eigenvalue weighted by atomic mass is 10.2. The summed E-state index contributed by atoms with van der Waals surface area (Å²) < 4.78 is 0. The van der Waals surface area contributed by atoms with Gasteiger partial charge in [-0.05, 0) is 25.0 Å². The average Bonchev–Trinajstić information content (AvgIpc) is 3.00. The maximum Gasteiger partial charge on any atom is 0.312 e. The van der Waals surface area contributed by atoms with Gasteiger partial charge in [-0.25, -0.2) is 9.78 Å². The average molecular weight is 333 g/mol. The lowest BCUT2D eigenvalue weighted by Crippen LogP contribution is -2.29. The van der Waals surface area contributed by atoms with Crippen LogP contribution >= 0.6 is 11.3 Å². The van der Waals surface area contributed by atoms with Gasteiger partial charge in [-0.3, -0.25) is 9.78 Å². The van der Waals surface area contributed by atoms with E-state index in [-0.39, 0.29) is 5.91 Å². The summed E-state index contributed by atoms with van der Waals surface area (Å²) in [4.78, 5) is 30.8. The second-order valence-corrected chi connectivity index (χ2v) is 5.79. The van der Waals surface area contributed by atoms with Crippen LogP contribution in [0.2, 0.25) is 0 Å². The summed E-state index contributed by atoms with van der Waals surface area (Å²) in [5, 5.41) is 7.79. The first-order chi connectivity index (χ1) is 11.1. The summed E-state index contributed by atoms with van der Waals surface area (Å²) in [5.41, 5.74) is 6.69. The van der Waals surface area contributed by atoms with Crippen LogP contribution in [0.1, 0.15) is 25.7 Å². The number of aromatic nitrogens is 2. The lowest BCUT2D eigenvalue weighted by molar-refractivity contribution is -0.116. The van der Waals surface area contributed by atoms with Gasteiger partial charge in [0.25, 0.3) is 0 Å². The molecule has 0 aliphatic heterocycles. The summed E-state index contributed by atoms with van der Waals surface area (Å²) >= 11 is 1.39. The van der Waals surface area contributed by atoms with E-state index in [4.69, 9.17) is 5.73 Å². The molecule has 3 amide bonds. The predicted molar refractivity (Wildman–Crippen MR) is 90.0 cm³/mol. The van der Waals surface area contributed by atoms with E-state index in [1.165, 1.54) is 11.3 Å². The van der Waals surface area contributed by atoms with Crippen molar-refractivity contribution in [1.29, 1.82) is 0 Å². The number of nitrogens with one attached hydrogen (secondary N) is 2. The molecule has 0 aliphatic rings. The van der Waals surface area contributed by atoms with Crippen molar-refractivity contribution < 1.29 is 9.59 Å². The van der Waals surface area contributed by atoms with E-state index in [0.717, 1.165) is 30.5 Å². The zero-order valence-corrected chi connectivity index (χ0v) is 13.4. The number of urea groups is 1. The fourth-order valence-corrected chi connectivity index (χ4v) is 2.69. The number of thiazole rings is 1. The quantitative estimate of drug-likeness (QED) is 0.644. The maximum absolute atomic E-state index is 11.9. The number of primary amides is 1. The molecule has 0 aromatic carbocycles. The SMILES string of the molecule is NC(=O)NCCCCCC(=O)Nc1nc(-c2cccnc2)cs1. The Morgan fingerprint density at radius 1 is 1.26 bits per heavy atom. The Morgan fingerprint density at radius 3 is 2.87 bits per heavy atom. The van der Waals surface area contributed by atoms with Crippen molar-refractivity contribution in [2.24, 2.45) is 5.73 Å². The van der Waals surface area contributed by atoms with Crippen molar-refractivity contribution in [2.45, 2.75) is 25.7 Å². The molecule has 4 N–H and O–H groups in total. The highest BCUT2D eigenvalue weighted by atomic mass is 32.1. The summed E-state index contributed by atoms with van der Waals surface area (Å²) in [6.45, 7) is 0.540. The number of hydrogen-bond donors (Lipinski definition) is 3. The fraction of sp³-hybridized carbons (Fsp3) is 0.333. The van der Waals surface area contributed by atoms with Crippen molar-refractivity contribution in [1.82, 2.24) is 15.3 Å². The highest BCUT2D eigenvalue weighted by Crippen LogP contribution is 2.24. The summed E-state index contributed by atoms with van der Waals surface area (Å²) in [5.74, 6) is -0.0556. The zero-order valence-electron chi connectivity index (χ0n) is 12.6. The van der Waals surface area contributed by atoms with Gasteiger partial charge in [0.1, 0.15) is 0 Å². The number of carbonyl (C=O) groups is 2. The van der Waals surface area contributed by atoms with E-state index < -0.39 is 6.03 Å². The summed E-state index contributed by atoms with van der Waals surface area (Å²) in [6.07, 6.45) is 6.29. The molecule has 0 bridgehead atoms. The standard InChI is InChI=1S/C15H19N5O2S/c16-14(22)18-8-3-1-2-6-13(21)20-15-19-12(10-23-15)11-5-4-7-17-9-11/h4-5,7,9-10H,1-3,6,8H2,(H3,16,18,22)(H,19,20,21). The van der Waals surface area contributed by atoms with Crippen molar-refractivity contribution in [3.8, 4) is 11.3 Å². The molecular formula is C15H19N5O2S. The van der Waals surface area contributed by atoms with E-state index in [9.17, 15) is 9.59 Å². The normalized spacial score (nSPS) is 10.3. The molecule has 7 nitrogen and oxygen atoms in total. The van der Waals surface area contributed by atoms with Gasteiger partial charge in [-0.2, -0.15) is 0 Å². The fourth-order valence-electron chi connectivity index (χ4n) is 1.96. The van der Waals surface area contributed by atoms with Gasteiger partial charge >= 0.3 is 6.03 Å². The third-order valence-corrected chi connectivity index (χ3v) is 3.85. The Kier molecular flexibility index (Phi) is 6.49. The molecule has 0 saturated carbocycles. The van der Waals surface area contributed by atoms with E-state index in [1.807, 2.05) is 17.5 Å². The molecule has 2 heterocycles. The van der Waals surface area contributed by atoms with Crippen LogP contribution in [-0.2, 0) is 4.79 Å². The van der Waals surface area contributed by atoms with Gasteiger partial charge in [-0.15, -0.1) is 11.3 Å². The number of amides is 3. The number of pyridine rings is 1. The molecule has 0 radical (unpaired) electrons. The van der Waals surface area contributed by atoms with E-state index in [2.05, 4.69) is 20.6 Å². The topological polar surface area (TPSA) is 110 Å². The molecule has 8 heteroatoms. The summed E-state index contributed by atoms with van der Waals surface area (Å²) in [6, 6.07) is 3.25.